The number of pyridine rings is 1. The average molecular weight is 470 g/mol. The van der Waals surface area contributed by atoms with Crippen molar-refractivity contribution in [2.75, 3.05) is 7.11 Å². The van der Waals surface area contributed by atoms with Crippen LogP contribution in [0.4, 0.5) is 0 Å². The van der Waals surface area contributed by atoms with E-state index in [0.29, 0.717) is 33.9 Å². The van der Waals surface area contributed by atoms with Crippen LogP contribution in [0.3, 0.4) is 0 Å². The Balaban J connectivity index is 1.38. The van der Waals surface area contributed by atoms with E-state index < -0.39 is 5.91 Å². The third-order valence-electron chi connectivity index (χ3n) is 5.12. The SMILES string of the molecule is COc1cc(/C=C2\C(=N)N3N=C(c4ccncc4)SC3=NC2=O)ccc1OCc1ccccc1. The van der Waals surface area contributed by atoms with E-state index in [2.05, 4.69) is 15.1 Å². The van der Waals surface area contributed by atoms with Crippen molar-refractivity contribution in [3.05, 3.63) is 95.3 Å². The summed E-state index contributed by atoms with van der Waals surface area (Å²) in [7, 11) is 1.56. The number of carbonyl (C=O) groups is 1. The molecule has 3 heterocycles. The Morgan fingerprint density at radius 3 is 2.62 bits per heavy atom. The highest BCUT2D eigenvalue weighted by Crippen LogP contribution is 2.33. The number of ether oxygens (including phenoxy) is 2. The maximum Gasteiger partial charge on any atom is 0.283 e. The van der Waals surface area contributed by atoms with Crippen LogP contribution in [0.5, 0.6) is 11.5 Å². The predicted molar refractivity (Wildman–Crippen MR) is 132 cm³/mol. The van der Waals surface area contributed by atoms with Gasteiger partial charge in [-0.3, -0.25) is 15.2 Å². The monoisotopic (exact) mass is 469 g/mol. The maximum absolute atomic E-state index is 12.7. The smallest absolute Gasteiger partial charge is 0.283 e. The van der Waals surface area contributed by atoms with Gasteiger partial charge >= 0.3 is 0 Å². The Kier molecular flexibility index (Phi) is 5.92. The molecule has 0 fully saturated rings. The minimum Gasteiger partial charge on any atom is -0.493 e. The van der Waals surface area contributed by atoms with Crippen LogP contribution in [0.1, 0.15) is 16.7 Å². The quantitative estimate of drug-likeness (QED) is 0.539. The molecule has 0 spiro atoms. The number of hydrogen-bond donors (Lipinski definition) is 1. The summed E-state index contributed by atoms with van der Waals surface area (Å²) < 4.78 is 11.4. The highest BCUT2D eigenvalue weighted by molar-refractivity contribution is 8.27. The van der Waals surface area contributed by atoms with Crippen molar-refractivity contribution in [3.63, 3.8) is 0 Å². The summed E-state index contributed by atoms with van der Waals surface area (Å²) in [5.74, 6) is 0.591. The summed E-state index contributed by atoms with van der Waals surface area (Å²) >= 11 is 1.25. The maximum atomic E-state index is 12.7. The normalized spacial score (nSPS) is 16.3. The van der Waals surface area contributed by atoms with Crippen molar-refractivity contribution in [2.45, 2.75) is 6.61 Å². The molecule has 9 heteroatoms. The molecule has 0 saturated heterocycles. The number of aromatic nitrogens is 1. The number of aliphatic imine (C=N–C) groups is 1. The minimum absolute atomic E-state index is 0.0325. The van der Waals surface area contributed by atoms with Gasteiger partial charge in [0.2, 0.25) is 5.17 Å². The lowest BCUT2D eigenvalue weighted by molar-refractivity contribution is -0.114. The molecule has 5 rings (SSSR count). The zero-order valence-corrected chi connectivity index (χ0v) is 19.0. The van der Waals surface area contributed by atoms with Gasteiger partial charge in [0.15, 0.2) is 17.3 Å². The number of fused-ring (bicyclic) bond motifs is 1. The molecule has 2 aromatic carbocycles. The average Bonchev–Trinajstić information content (AvgIpc) is 3.31. The highest BCUT2D eigenvalue weighted by Gasteiger charge is 2.36. The number of thioether (sulfide) groups is 1. The highest BCUT2D eigenvalue weighted by atomic mass is 32.2. The molecule has 0 bridgehead atoms. The van der Waals surface area contributed by atoms with Gasteiger partial charge in [-0.2, -0.15) is 15.1 Å². The van der Waals surface area contributed by atoms with Crippen molar-refractivity contribution in [2.24, 2.45) is 10.1 Å². The van der Waals surface area contributed by atoms with Gasteiger partial charge in [0, 0.05) is 18.0 Å². The van der Waals surface area contributed by atoms with Crippen LogP contribution < -0.4 is 9.47 Å². The summed E-state index contributed by atoms with van der Waals surface area (Å²) in [6.07, 6.45) is 4.94. The lowest BCUT2D eigenvalue weighted by Crippen LogP contribution is -2.35. The van der Waals surface area contributed by atoms with Gasteiger partial charge in [-0.05, 0) is 53.2 Å². The van der Waals surface area contributed by atoms with Crippen LogP contribution in [-0.4, -0.2) is 39.1 Å². The molecule has 2 aliphatic rings. The van der Waals surface area contributed by atoms with E-state index >= 15 is 0 Å². The summed E-state index contributed by atoms with van der Waals surface area (Å²) in [5, 5.41) is 15.4. The fraction of sp³-hybridized carbons (Fsp3) is 0.0800. The topological polar surface area (TPSA) is 100 Å². The molecule has 8 nitrogen and oxygen atoms in total. The van der Waals surface area contributed by atoms with Crippen molar-refractivity contribution in [3.8, 4) is 11.5 Å². The number of nitrogens with zero attached hydrogens (tertiary/aromatic N) is 4. The van der Waals surface area contributed by atoms with Crippen LogP contribution in [0.2, 0.25) is 0 Å². The number of rotatable bonds is 6. The van der Waals surface area contributed by atoms with Gasteiger partial charge in [0.1, 0.15) is 11.7 Å². The number of benzene rings is 2. The Hall–Kier alpha value is -4.24. The molecular weight excluding hydrogens is 450 g/mol. The molecule has 168 valence electrons. The fourth-order valence-electron chi connectivity index (χ4n) is 3.40. The Morgan fingerprint density at radius 1 is 1.06 bits per heavy atom. The number of carbonyl (C=O) groups excluding carboxylic acids is 1. The molecule has 1 amide bonds. The van der Waals surface area contributed by atoms with E-state index in [0.717, 1.165) is 11.1 Å². The molecule has 34 heavy (non-hydrogen) atoms. The number of hydrazone groups is 1. The largest absolute Gasteiger partial charge is 0.493 e. The molecule has 1 aromatic heterocycles. The number of hydrogen-bond acceptors (Lipinski definition) is 7. The van der Waals surface area contributed by atoms with E-state index in [1.807, 2.05) is 42.5 Å². The van der Waals surface area contributed by atoms with Crippen LogP contribution in [0.25, 0.3) is 6.08 Å². The number of amidine groups is 2. The second-order valence-electron chi connectivity index (χ2n) is 7.35. The fourth-order valence-corrected chi connectivity index (χ4v) is 4.29. The molecule has 2 aliphatic heterocycles. The van der Waals surface area contributed by atoms with E-state index in [-0.39, 0.29) is 11.4 Å². The third kappa shape index (κ3) is 4.33. The first kappa shape index (κ1) is 21.6. The lowest BCUT2D eigenvalue weighted by atomic mass is 10.1. The second kappa shape index (κ2) is 9.32. The summed E-state index contributed by atoms with van der Waals surface area (Å²) in [6.45, 7) is 0.405. The molecule has 0 aliphatic carbocycles. The van der Waals surface area contributed by atoms with Crippen molar-refractivity contribution in [1.29, 1.82) is 5.41 Å². The number of methoxy groups -OCH3 is 1. The number of nitrogens with one attached hydrogen (secondary N) is 1. The zero-order valence-electron chi connectivity index (χ0n) is 18.1. The lowest BCUT2D eigenvalue weighted by Gasteiger charge is -2.20. The first-order valence-electron chi connectivity index (χ1n) is 10.4. The van der Waals surface area contributed by atoms with Gasteiger partial charge in [-0.1, -0.05) is 36.4 Å². The van der Waals surface area contributed by atoms with E-state index in [1.165, 1.54) is 16.8 Å². The summed E-state index contributed by atoms with van der Waals surface area (Å²) in [5.41, 5.74) is 2.71. The van der Waals surface area contributed by atoms with Crippen LogP contribution in [-0.2, 0) is 11.4 Å². The van der Waals surface area contributed by atoms with Crippen LogP contribution in [0.15, 0.2) is 88.7 Å². The molecule has 0 unspecified atom stereocenters. The van der Waals surface area contributed by atoms with Gasteiger partial charge in [-0.15, -0.1) is 0 Å². The molecule has 0 radical (unpaired) electrons. The van der Waals surface area contributed by atoms with Crippen LogP contribution in [0, 0.1) is 5.41 Å². The van der Waals surface area contributed by atoms with Crippen LogP contribution >= 0.6 is 11.8 Å². The van der Waals surface area contributed by atoms with Crippen molar-refractivity contribution >= 4 is 39.8 Å². The van der Waals surface area contributed by atoms with Gasteiger partial charge in [0.05, 0.1) is 12.7 Å². The zero-order chi connectivity index (χ0) is 23.5. The minimum atomic E-state index is -0.488. The van der Waals surface area contributed by atoms with E-state index in [4.69, 9.17) is 14.9 Å². The summed E-state index contributed by atoms with van der Waals surface area (Å²) in [4.78, 5) is 20.9. The van der Waals surface area contributed by atoms with E-state index in [1.54, 1.807) is 43.8 Å². The predicted octanol–water partition coefficient (Wildman–Crippen LogP) is 4.34. The third-order valence-corrected chi connectivity index (χ3v) is 6.08. The molecule has 1 N–H and O–H groups in total. The molecule has 0 saturated carbocycles. The molecular formula is C25H19N5O3S. The van der Waals surface area contributed by atoms with Gasteiger partial charge in [0.25, 0.3) is 5.91 Å². The first-order valence-corrected chi connectivity index (χ1v) is 11.2. The Bertz CT molecular complexity index is 1350. The second-order valence-corrected chi connectivity index (χ2v) is 8.30. The Morgan fingerprint density at radius 2 is 1.85 bits per heavy atom. The molecule has 0 atom stereocenters. The van der Waals surface area contributed by atoms with Gasteiger partial charge < -0.3 is 9.47 Å². The first-order chi connectivity index (χ1) is 16.6. The van der Waals surface area contributed by atoms with E-state index in [9.17, 15) is 4.79 Å². The summed E-state index contributed by atoms with van der Waals surface area (Å²) in [6, 6.07) is 18.8. The number of amides is 1. The molecule has 3 aromatic rings. The van der Waals surface area contributed by atoms with Crippen molar-refractivity contribution in [1.82, 2.24) is 9.99 Å². The van der Waals surface area contributed by atoms with Crippen molar-refractivity contribution < 1.29 is 14.3 Å². The standard InChI is InChI=1S/C25H19N5O3S/c1-32-21-14-17(7-8-20(21)33-15-16-5-3-2-4-6-16)13-19-22(26)30-25(28-23(19)31)34-24(29-30)18-9-11-27-12-10-18/h2-14,26H,15H2,1H3/b19-13+,26-22?. The Labute approximate surface area is 200 Å². The van der Waals surface area contributed by atoms with Gasteiger partial charge in [-0.25, -0.2) is 0 Å².